The highest BCUT2D eigenvalue weighted by Gasteiger charge is 2.47. The summed E-state index contributed by atoms with van der Waals surface area (Å²) in [5.41, 5.74) is 3.80. The molecule has 6 nitrogen and oxygen atoms in total. The minimum absolute atomic E-state index is 0.0941. The molecule has 2 fully saturated rings. The highest BCUT2D eigenvalue weighted by atomic mass is 35.5. The number of fused-ring (bicyclic) bond motifs is 1. The number of carbonyl (C=O) groups excluding carboxylic acids is 1. The van der Waals surface area contributed by atoms with Crippen molar-refractivity contribution >= 4 is 39.7 Å². The van der Waals surface area contributed by atoms with E-state index in [2.05, 4.69) is 33.3 Å². The number of carbonyl (C=O) groups is 1. The molecule has 1 N–H and O–H groups in total. The van der Waals surface area contributed by atoms with E-state index in [1.54, 1.807) is 17.5 Å². The maximum Gasteiger partial charge on any atom is 0.252 e. The van der Waals surface area contributed by atoms with Crippen LogP contribution < -0.4 is 10.1 Å². The van der Waals surface area contributed by atoms with Crippen molar-refractivity contribution in [2.45, 2.75) is 44.7 Å². The molecule has 6 rings (SSSR count). The monoisotopic (exact) mass is 532 g/mol. The number of rotatable bonds is 7. The van der Waals surface area contributed by atoms with Crippen molar-refractivity contribution in [2.75, 3.05) is 20.2 Å². The zero-order valence-corrected chi connectivity index (χ0v) is 22.7. The fraction of sp³-hybridized carbons (Fsp3) is 0.345. The van der Waals surface area contributed by atoms with Gasteiger partial charge in [-0.3, -0.25) is 14.7 Å². The highest BCUT2D eigenvalue weighted by Crippen LogP contribution is 2.51. The van der Waals surface area contributed by atoms with E-state index in [0.29, 0.717) is 23.2 Å². The van der Waals surface area contributed by atoms with Gasteiger partial charge < -0.3 is 10.1 Å². The first kappa shape index (κ1) is 24.3. The Morgan fingerprint density at radius 1 is 1.24 bits per heavy atom. The SMILES string of the molecule is Cc1ncc(-c2cc(C3(NC(=O)c4cc(OC[C@@H]5CCN5C)ccc4C)CC3)c3cccnc3c2Cl)s1. The quantitative estimate of drug-likeness (QED) is 0.310. The van der Waals surface area contributed by atoms with Gasteiger partial charge in [0.25, 0.3) is 5.91 Å². The van der Waals surface area contributed by atoms with Crippen LogP contribution in [0.2, 0.25) is 5.02 Å². The fourth-order valence-corrected chi connectivity index (χ4v) is 6.21. The second-order valence-electron chi connectivity index (χ2n) is 10.2. The van der Waals surface area contributed by atoms with Gasteiger partial charge in [-0.25, -0.2) is 4.98 Å². The number of halogens is 1. The fourth-order valence-electron chi connectivity index (χ4n) is 5.05. The van der Waals surface area contributed by atoms with E-state index in [1.807, 2.05) is 50.4 Å². The van der Waals surface area contributed by atoms with Crippen LogP contribution in [0, 0.1) is 13.8 Å². The second-order valence-corrected chi connectivity index (χ2v) is 11.8. The van der Waals surface area contributed by atoms with E-state index >= 15 is 0 Å². The van der Waals surface area contributed by atoms with Crippen molar-refractivity contribution in [3.8, 4) is 16.2 Å². The van der Waals surface area contributed by atoms with E-state index in [9.17, 15) is 4.79 Å². The van der Waals surface area contributed by atoms with Gasteiger partial charge in [0.1, 0.15) is 12.4 Å². The van der Waals surface area contributed by atoms with Gasteiger partial charge in [0.15, 0.2) is 0 Å². The average Bonchev–Trinajstić information content (AvgIpc) is 3.54. The molecule has 2 aliphatic rings. The summed E-state index contributed by atoms with van der Waals surface area (Å²) in [6.45, 7) is 5.68. The van der Waals surface area contributed by atoms with E-state index < -0.39 is 5.54 Å². The largest absolute Gasteiger partial charge is 0.492 e. The van der Waals surface area contributed by atoms with Crippen molar-refractivity contribution in [2.24, 2.45) is 0 Å². The summed E-state index contributed by atoms with van der Waals surface area (Å²) >= 11 is 8.46. The molecule has 190 valence electrons. The zero-order valence-electron chi connectivity index (χ0n) is 21.2. The molecule has 1 aliphatic heterocycles. The number of ether oxygens (including phenoxy) is 1. The molecular weight excluding hydrogens is 504 g/mol. The van der Waals surface area contributed by atoms with Crippen LogP contribution in [0.5, 0.6) is 5.75 Å². The number of thiazole rings is 1. The summed E-state index contributed by atoms with van der Waals surface area (Å²) in [5, 5.41) is 5.93. The molecule has 37 heavy (non-hydrogen) atoms. The van der Waals surface area contributed by atoms with Crippen LogP contribution in [-0.2, 0) is 5.54 Å². The molecule has 2 aromatic carbocycles. The molecule has 1 aliphatic carbocycles. The van der Waals surface area contributed by atoms with Crippen LogP contribution in [0.25, 0.3) is 21.3 Å². The third kappa shape index (κ3) is 4.49. The third-order valence-corrected chi connectivity index (χ3v) is 9.00. The number of amides is 1. The Hall–Kier alpha value is -3.00. The maximum atomic E-state index is 13.6. The average molecular weight is 533 g/mol. The molecule has 1 amide bonds. The van der Waals surface area contributed by atoms with Crippen LogP contribution in [0.15, 0.2) is 48.8 Å². The highest BCUT2D eigenvalue weighted by molar-refractivity contribution is 7.15. The summed E-state index contributed by atoms with van der Waals surface area (Å²) in [6, 6.07) is 12.3. The first-order valence-electron chi connectivity index (χ1n) is 12.6. The normalized spacial score (nSPS) is 18.4. The number of nitrogens with one attached hydrogen (secondary N) is 1. The molecule has 0 bridgehead atoms. The Labute approximate surface area is 225 Å². The first-order valence-corrected chi connectivity index (χ1v) is 13.8. The molecule has 2 aromatic heterocycles. The molecule has 8 heteroatoms. The van der Waals surface area contributed by atoms with Crippen molar-refractivity contribution < 1.29 is 9.53 Å². The molecular formula is C29H29ClN4O2S. The number of hydrogen-bond acceptors (Lipinski definition) is 6. The molecule has 1 saturated heterocycles. The number of benzene rings is 2. The van der Waals surface area contributed by atoms with Crippen molar-refractivity contribution in [3.63, 3.8) is 0 Å². The van der Waals surface area contributed by atoms with Gasteiger partial charge >= 0.3 is 0 Å². The Kier molecular flexibility index (Phi) is 6.18. The summed E-state index contributed by atoms with van der Waals surface area (Å²) in [7, 11) is 2.11. The van der Waals surface area contributed by atoms with E-state index in [1.165, 1.54) is 0 Å². The van der Waals surface area contributed by atoms with Crippen molar-refractivity contribution in [1.29, 1.82) is 0 Å². The third-order valence-electron chi connectivity index (χ3n) is 7.67. The summed E-state index contributed by atoms with van der Waals surface area (Å²) < 4.78 is 6.04. The van der Waals surface area contributed by atoms with Gasteiger partial charge in [0.05, 0.1) is 26.0 Å². The number of aryl methyl sites for hydroxylation is 2. The Bertz CT molecular complexity index is 1510. The predicted molar refractivity (Wildman–Crippen MR) is 149 cm³/mol. The molecule has 1 saturated carbocycles. The lowest BCUT2D eigenvalue weighted by atomic mass is 9.95. The summed E-state index contributed by atoms with van der Waals surface area (Å²) in [6.07, 6.45) is 6.47. The second kappa shape index (κ2) is 9.39. The lowest BCUT2D eigenvalue weighted by molar-refractivity contribution is 0.0767. The maximum absolute atomic E-state index is 13.6. The minimum atomic E-state index is -0.463. The van der Waals surface area contributed by atoms with Crippen LogP contribution in [0.1, 0.15) is 45.8 Å². The molecule has 1 atom stereocenters. The smallest absolute Gasteiger partial charge is 0.252 e. The van der Waals surface area contributed by atoms with Crippen LogP contribution in [0.3, 0.4) is 0 Å². The summed E-state index contributed by atoms with van der Waals surface area (Å²) in [4.78, 5) is 26.0. The molecule has 0 radical (unpaired) electrons. The van der Waals surface area contributed by atoms with Crippen LogP contribution in [-0.4, -0.2) is 47.0 Å². The van der Waals surface area contributed by atoms with Gasteiger partial charge in [-0.05, 0) is 82.1 Å². The predicted octanol–water partition coefficient (Wildman–Crippen LogP) is 6.13. The van der Waals surface area contributed by atoms with Crippen LogP contribution >= 0.6 is 22.9 Å². The van der Waals surface area contributed by atoms with Gasteiger partial charge in [0, 0.05) is 34.9 Å². The van der Waals surface area contributed by atoms with Gasteiger partial charge in [-0.2, -0.15) is 0 Å². The number of nitrogens with zero attached hydrogens (tertiary/aromatic N) is 3. The summed E-state index contributed by atoms with van der Waals surface area (Å²) in [5.74, 6) is 0.633. The molecule has 3 heterocycles. The topological polar surface area (TPSA) is 67.3 Å². The van der Waals surface area contributed by atoms with Gasteiger partial charge in [-0.15, -0.1) is 11.3 Å². The zero-order chi connectivity index (χ0) is 25.7. The number of aromatic nitrogens is 2. The number of likely N-dealkylation sites (N-methyl/N-ethyl adjacent to an activating group) is 1. The Balaban J connectivity index is 1.32. The van der Waals surface area contributed by atoms with Crippen LogP contribution in [0.4, 0.5) is 0 Å². The van der Waals surface area contributed by atoms with E-state index in [0.717, 1.165) is 69.0 Å². The Morgan fingerprint density at radius 3 is 2.76 bits per heavy atom. The van der Waals surface area contributed by atoms with Crippen molar-refractivity contribution in [3.05, 3.63) is 75.5 Å². The standard InChI is InChI=1S/C29H29ClN4O2S/c1-17-6-7-20(36-16-19-8-12-34(19)3)13-22(17)28(35)33-29(9-10-29)24-14-23(25-15-32-18(2)37-25)26(30)27-21(24)5-4-11-31-27/h4-7,11,13-15,19H,8-10,12,16H2,1-3H3,(H,33,35)/t19-/m0/s1. The van der Waals surface area contributed by atoms with E-state index in [-0.39, 0.29) is 5.91 Å². The molecule has 4 aromatic rings. The lowest BCUT2D eigenvalue weighted by Gasteiger charge is -2.37. The van der Waals surface area contributed by atoms with E-state index in [4.69, 9.17) is 16.3 Å². The Morgan fingerprint density at radius 2 is 2.08 bits per heavy atom. The van der Waals surface area contributed by atoms with Crippen molar-refractivity contribution in [1.82, 2.24) is 20.2 Å². The first-order chi connectivity index (χ1) is 17.8. The molecule has 0 unspecified atom stereocenters. The van der Waals surface area contributed by atoms with Gasteiger partial charge in [0.2, 0.25) is 0 Å². The van der Waals surface area contributed by atoms with Gasteiger partial charge in [-0.1, -0.05) is 23.7 Å². The number of likely N-dealkylation sites (tertiary alicyclic amines) is 1. The lowest BCUT2D eigenvalue weighted by Crippen LogP contribution is -2.48. The minimum Gasteiger partial charge on any atom is -0.492 e. The molecule has 0 spiro atoms. The number of pyridine rings is 1. The number of hydrogen-bond donors (Lipinski definition) is 1.